The van der Waals surface area contributed by atoms with E-state index in [9.17, 15) is 18.0 Å². The summed E-state index contributed by atoms with van der Waals surface area (Å²) < 4.78 is 44.0. The van der Waals surface area contributed by atoms with Crippen molar-refractivity contribution in [1.29, 1.82) is 0 Å². The molecule has 2 aliphatic rings. The minimum Gasteiger partial charge on any atom is -0.434 e. The molecule has 3 rings (SSSR count). The normalized spacial score (nSPS) is 21.1. The van der Waals surface area contributed by atoms with Crippen LogP contribution in [0.25, 0.3) is 5.57 Å². The molecule has 1 unspecified atom stereocenters. The minimum absolute atomic E-state index is 0.134. The fourth-order valence-electron chi connectivity index (χ4n) is 3.77. The van der Waals surface area contributed by atoms with Gasteiger partial charge in [0.1, 0.15) is 12.1 Å². The molecule has 2 heterocycles. The van der Waals surface area contributed by atoms with Gasteiger partial charge in [-0.2, -0.15) is 13.2 Å². The molecule has 0 radical (unpaired) electrons. The van der Waals surface area contributed by atoms with Gasteiger partial charge in [0.05, 0.1) is 5.69 Å². The van der Waals surface area contributed by atoms with Gasteiger partial charge in [0.25, 0.3) is 0 Å². The molecule has 1 saturated heterocycles. The van der Waals surface area contributed by atoms with Gasteiger partial charge in [-0.3, -0.25) is 0 Å². The maximum absolute atomic E-state index is 13.1. The van der Waals surface area contributed by atoms with E-state index in [1.165, 1.54) is 16.8 Å². The van der Waals surface area contributed by atoms with E-state index in [-0.39, 0.29) is 19.1 Å². The molecule has 0 N–H and O–H groups in total. The fraction of sp³-hybridized carbons (Fsp3) is 0.667. The highest BCUT2D eigenvalue weighted by Crippen LogP contribution is 2.45. The van der Waals surface area contributed by atoms with Crippen molar-refractivity contribution in [1.82, 2.24) is 14.9 Å². The summed E-state index contributed by atoms with van der Waals surface area (Å²) in [5, 5.41) is 0. The molecule has 1 aromatic rings. The standard InChI is InChI=1S/C21H29F3N4O2/c1-6-16(15-7-8-15)17-14(3)25-12-26-18(17)28-10-9-27(11-13(28)2)19(29)30-20(4,5)21(22,23)24/h6,12-13,15H,7-11H2,1-5H3/b16-6-. The van der Waals surface area contributed by atoms with E-state index in [0.717, 1.165) is 43.8 Å². The first kappa shape index (κ1) is 22.4. The summed E-state index contributed by atoms with van der Waals surface area (Å²) in [6.45, 7) is 8.59. The zero-order chi connectivity index (χ0) is 22.3. The molecule has 1 aliphatic carbocycles. The average Bonchev–Trinajstić information content (AvgIpc) is 3.47. The van der Waals surface area contributed by atoms with Gasteiger partial charge in [0.2, 0.25) is 5.60 Å². The second-order valence-electron chi connectivity index (χ2n) is 8.54. The number of halogens is 3. The zero-order valence-corrected chi connectivity index (χ0v) is 18.1. The predicted molar refractivity (Wildman–Crippen MR) is 108 cm³/mol. The summed E-state index contributed by atoms with van der Waals surface area (Å²) in [5.41, 5.74) is 0.639. The lowest BCUT2D eigenvalue weighted by atomic mass is 9.99. The molecular weight excluding hydrogens is 397 g/mol. The zero-order valence-electron chi connectivity index (χ0n) is 18.1. The van der Waals surface area contributed by atoms with E-state index >= 15 is 0 Å². The summed E-state index contributed by atoms with van der Waals surface area (Å²) in [6, 6.07) is -0.134. The number of piperazine rings is 1. The highest BCUT2D eigenvalue weighted by atomic mass is 19.4. The highest BCUT2D eigenvalue weighted by Gasteiger charge is 2.51. The van der Waals surface area contributed by atoms with Gasteiger partial charge in [-0.1, -0.05) is 6.08 Å². The van der Waals surface area contributed by atoms with Crippen LogP contribution >= 0.6 is 0 Å². The van der Waals surface area contributed by atoms with Gasteiger partial charge in [0, 0.05) is 31.2 Å². The van der Waals surface area contributed by atoms with E-state index in [0.29, 0.717) is 12.5 Å². The van der Waals surface area contributed by atoms with Crippen molar-refractivity contribution in [2.75, 3.05) is 24.5 Å². The predicted octanol–water partition coefficient (Wildman–Crippen LogP) is 4.59. The Morgan fingerprint density at radius 3 is 2.43 bits per heavy atom. The molecule has 166 valence electrons. The van der Waals surface area contributed by atoms with Crippen LogP contribution in [0.3, 0.4) is 0 Å². The third-order valence-electron chi connectivity index (χ3n) is 5.82. The number of allylic oxidation sites excluding steroid dienone is 2. The maximum atomic E-state index is 13.1. The first-order valence-electron chi connectivity index (χ1n) is 10.3. The molecule has 0 spiro atoms. The number of nitrogens with zero attached hydrogens (tertiary/aromatic N) is 4. The Labute approximate surface area is 175 Å². The SMILES string of the molecule is C/C=C(\c1c(C)ncnc1N1CCN(C(=O)OC(C)(C)C(F)(F)F)CC1C)C1CC1. The van der Waals surface area contributed by atoms with Crippen LogP contribution < -0.4 is 4.90 Å². The number of aryl methyl sites for hydroxylation is 1. The number of aromatic nitrogens is 2. The molecule has 0 bridgehead atoms. The number of carbonyl (C=O) groups is 1. The smallest absolute Gasteiger partial charge is 0.427 e. The number of alkyl halides is 3. The quantitative estimate of drug-likeness (QED) is 0.705. The van der Waals surface area contributed by atoms with Gasteiger partial charge in [-0.15, -0.1) is 0 Å². The topological polar surface area (TPSA) is 58.6 Å². The summed E-state index contributed by atoms with van der Waals surface area (Å²) in [5.74, 6) is 1.34. The molecule has 1 amide bonds. The molecule has 0 aromatic carbocycles. The van der Waals surface area contributed by atoms with Crippen LogP contribution in [0, 0.1) is 12.8 Å². The van der Waals surface area contributed by atoms with E-state index in [1.807, 2.05) is 20.8 Å². The lowest BCUT2D eigenvalue weighted by Crippen LogP contribution is -2.56. The van der Waals surface area contributed by atoms with Crippen LogP contribution in [-0.4, -0.2) is 58.4 Å². The van der Waals surface area contributed by atoms with Crippen molar-refractivity contribution >= 4 is 17.5 Å². The van der Waals surface area contributed by atoms with Crippen LogP contribution in [0.15, 0.2) is 12.4 Å². The molecule has 1 saturated carbocycles. The first-order chi connectivity index (χ1) is 14.0. The van der Waals surface area contributed by atoms with E-state index in [2.05, 4.69) is 20.9 Å². The first-order valence-corrected chi connectivity index (χ1v) is 10.3. The maximum Gasteiger partial charge on any atom is 0.427 e. The van der Waals surface area contributed by atoms with Crippen LogP contribution in [0.2, 0.25) is 0 Å². The number of rotatable bonds is 4. The van der Waals surface area contributed by atoms with E-state index < -0.39 is 17.9 Å². The summed E-state index contributed by atoms with van der Waals surface area (Å²) >= 11 is 0. The molecule has 2 fully saturated rings. The van der Waals surface area contributed by atoms with Crippen LogP contribution in [0.5, 0.6) is 0 Å². The Kier molecular flexibility index (Phi) is 6.02. The Bertz CT molecular complexity index is 834. The van der Waals surface area contributed by atoms with Crippen LogP contribution in [0.4, 0.5) is 23.8 Å². The number of hydrogen-bond donors (Lipinski definition) is 0. The molecule has 1 atom stereocenters. The molecule has 9 heteroatoms. The molecule has 6 nitrogen and oxygen atoms in total. The third-order valence-corrected chi connectivity index (χ3v) is 5.82. The molecule has 30 heavy (non-hydrogen) atoms. The van der Waals surface area contributed by atoms with Gasteiger partial charge < -0.3 is 14.5 Å². The second-order valence-corrected chi connectivity index (χ2v) is 8.54. The second kappa shape index (κ2) is 8.07. The molecular formula is C21H29F3N4O2. The Hall–Kier alpha value is -2.32. The van der Waals surface area contributed by atoms with Crippen molar-refractivity contribution in [3.8, 4) is 0 Å². The Morgan fingerprint density at radius 1 is 1.23 bits per heavy atom. The third kappa shape index (κ3) is 4.39. The van der Waals surface area contributed by atoms with E-state index in [4.69, 9.17) is 4.74 Å². The number of ether oxygens (including phenoxy) is 1. The lowest BCUT2D eigenvalue weighted by molar-refractivity contribution is -0.246. The van der Waals surface area contributed by atoms with E-state index in [1.54, 1.807) is 0 Å². The lowest BCUT2D eigenvalue weighted by Gasteiger charge is -2.42. The van der Waals surface area contributed by atoms with Crippen LogP contribution in [0.1, 0.15) is 51.8 Å². The van der Waals surface area contributed by atoms with Crippen molar-refractivity contribution in [3.05, 3.63) is 23.7 Å². The Balaban J connectivity index is 1.77. The number of anilines is 1. The Morgan fingerprint density at radius 2 is 1.90 bits per heavy atom. The number of carbonyl (C=O) groups excluding carboxylic acids is 1. The average molecular weight is 426 g/mol. The minimum atomic E-state index is -4.63. The van der Waals surface area contributed by atoms with Crippen molar-refractivity contribution in [2.24, 2.45) is 5.92 Å². The van der Waals surface area contributed by atoms with Crippen molar-refractivity contribution in [2.45, 2.75) is 65.3 Å². The summed E-state index contributed by atoms with van der Waals surface area (Å²) in [6.07, 6.45) is 0.373. The molecule has 1 aromatic heterocycles. The van der Waals surface area contributed by atoms with Gasteiger partial charge in [-0.25, -0.2) is 14.8 Å². The van der Waals surface area contributed by atoms with Gasteiger partial charge in [0.15, 0.2) is 0 Å². The number of hydrogen-bond acceptors (Lipinski definition) is 5. The fourth-order valence-corrected chi connectivity index (χ4v) is 3.77. The number of amides is 1. The monoisotopic (exact) mass is 426 g/mol. The summed E-state index contributed by atoms with van der Waals surface area (Å²) in [4.78, 5) is 24.7. The highest BCUT2D eigenvalue weighted by molar-refractivity contribution is 5.79. The van der Waals surface area contributed by atoms with Crippen molar-refractivity contribution < 1.29 is 22.7 Å². The van der Waals surface area contributed by atoms with Gasteiger partial charge in [-0.05, 0) is 59.0 Å². The van der Waals surface area contributed by atoms with Crippen LogP contribution in [-0.2, 0) is 4.74 Å². The van der Waals surface area contributed by atoms with Crippen molar-refractivity contribution in [3.63, 3.8) is 0 Å². The summed E-state index contributed by atoms with van der Waals surface area (Å²) in [7, 11) is 0. The van der Waals surface area contributed by atoms with Gasteiger partial charge >= 0.3 is 12.3 Å². The largest absolute Gasteiger partial charge is 0.434 e. The molecule has 1 aliphatic heterocycles.